The third-order valence-electron chi connectivity index (χ3n) is 2.62. The molecule has 0 radical (unpaired) electrons. The van der Waals surface area contributed by atoms with Crippen molar-refractivity contribution in [3.63, 3.8) is 0 Å². The zero-order valence-corrected chi connectivity index (χ0v) is 18.8. The van der Waals surface area contributed by atoms with Gasteiger partial charge in [-0.25, -0.2) is 8.42 Å². The molecule has 31 heavy (non-hydrogen) atoms. The van der Waals surface area contributed by atoms with Crippen molar-refractivity contribution in [1.29, 1.82) is 0 Å². The summed E-state index contributed by atoms with van der Waals surface area (Å²) >= 11 is -0.991. The van der Waals surface area contributed by atoms with E-state index in [1.54, 1.807) is 6.92 Å². The van der Waals surface area contributed by atoms with Gasteiger partial charge in [-0.1, -0.05) is 6.92 Å². The van der Waals surface area contributed by atoms with Crippen LogP contribution < -0.4 is 21.2 Å². The Morgan fingerprint density at radius 3 is 1.84 bits per heavy atom. The second-order valence-electron chi connectivity index (χ2n) is 5.05. The number of nitro benzene ring substituents is 1. The van der Waals surface area contributed by atoms with E-state index in [0.717, 1.165) is 0 Å². The summed E-state index contributed by atoms with van der Waals surface area (Å²) in [7, 11) is -11.8. The maximum atomic E-state index is 12.3. The SMILES string of the molecule is CCC/C(=C\[I+]c1ccc([N+](=O)[O-])cc1)OS(=O)(=O)C(F)(F)F.O=S(=O)([O-])C(F)(F)F. The average molecular weight is 615 g/mol. The van der Waals surface area contributed by atoms with E-state index in [2.05, 4.69) is 4.18 Å². The molecule has 0 heterocycles. The molecule has 0 N–H and O–H groups in total. The number of benzene rings is 1. The number of alkyl halides is 6. The minimum atomic E-state index is -6.09. The van der Waals surface area contributed by atoms with Gasteiger partial charge >= 0.3 is 42.3 Å². The molecule has 0 spiro atoms. The number of allylic oxidation sites excluding steroid dienone is 1. The van der Waals surface area contributed by atoms with Crippen LogP contribution in [0.3, 0.4) is 0 Å². The van der Waals surface area contributed by atoms with Crippen LogP contribution in [0.2, 0.25) is 0 Å². The Morgan fingerprint density at radius 1 is 1.06 bits per heavy atom. The molecule has 0 saturated carbocycles. The topological polar surface area (TPSA) is 144 Å². The monoisotopic (exact) mass is 615 g/mol. The van der Waals surface area contributed by atoms with Crippen molar-refractivity contribution in [1.82, 2.24) is 0 Å². The van der Waals surface area contributed by atoms with Crippen molar-refractivity contribution in [3.05, 3.63) is 47.8 Å². The molecule has 9 nitrogen and oxygen atoms in total. The number of halogens is 7. The van der Waals surface area contributed by atoms with Gasteiger partial charge in [0.2, 0.25) is 0 Å². The Balaban J connectivity index is 0.000000954. The van der Waals surface area contributed by atoms with Crippen LogP contribution in [0.1, 0.15) is 19.8 Å². The summed E-state index contributed by atoms with van der Waals surface area (Å²) in [6.45, 7) is 1.67. The highest BCUT2D eigenvalue weighted by Crippen LogP contribution is 2.27. The van der Waals surface area contributed by atoms with Crippen LogP contribution in [0.25, 0.3) is 0 Å². The van der Waals surface area contributed by atoms with Gasteiger partial charge < -0.3 is 8.74 Å². The molecule has 178 valence electrons. The number of nitro groups is 1. The summed E-state index contributed by atoms with van der Waals surface area (Å²) in [5, 5.41) is 10.5. The Morgan fingerprint density at radius 2 is 1.52 bits per heavy atom. The number of hydrogen-bond donors (Lipinski definition) is 0. The first kappa shape index (κ1) is 29.3. The Bertz CT molecular complexity index is 988. The minimum Gasteiger partial charge on any atom is -0.741 e. The summed E-state index contributed by atoms with van der Waals surface area (Å²) < 4.78 is 124. The van der Waals surface area contributed by atoms with E-state index >= 15 is 0 Å². The van der Waals surface area contributed by atoms with Crippen LogP contribution in [0.5, 0.6) is 0 Å². The van der Waals surface area contributed by atoms with Crippen LogP contribution in [-0.4, -0.2) is 37.3 Å². The van der Waals surface area contributed by atoms with E-state index in [1.807, 2.05) is 0 Å². The molecule has 0 unspecified atom stereocenters. The van der Waals surface area contributed by atoms with E-state index < -0.39 is 57.4 Å². The fourth-order valence-corrected chi connectivity index (χ4v) is 3.91. The maximum Gasteiger partial charge on any atom is 0.534 e. The molecular formula is C13H12F6INO8S2. The molecule has 1 rings (SSSR count). The molecule has 0 saturated heterocycles. The first-order valence-electron chi connectivity index (χ1n) is 7.41. The molecule has 0 fully saturated rings. The second-order valence-corrected chi connectivity index (χ2v) is 10.5. The smallest absolute Gasteiger partial charge is 0.534 e. The highest BCUT2D eigenvalue weighted by Gasteiger charge is 2.49. The van der Waals surface area contributed by atoms with Gasteiger partial charge in [0, 0.05) is 18.6 Å². The normalized spacial score (nSPS) is 13.2. The fourth-order valence-electron chi connectivity index (χ4n) is 1.31. The van der Waals surface area contributed by atoms with Gasteiger partial charge in [0.25, 0.3) is 5.69 Å². The van der Waals surface area contributed by atoms with Crippen molar-refractivity contribution in [2.45, 2.75) is 30.8 Å². The van der Waals surface area contributed by atoms with Gasteiger partial charge in [-0.15, -0.1) is 0 Å². The van der Waals surface area contributed by atoms with Crippen LogP contribution in [0.15, 0.2) is 34.1 Å². The molecule has 0 aliphatic carbocycles. The van der Waals surface area contributed by atoms with Gasteiger partial charge in [-0.2, -0.15) is 34.8 Å². The first-order chi connectivity index (χ1) is 13.8. The average Bonchev–Trinajstić information content (AvgIpc) is 2.58. The number of non-ortho nitro benzene ring substituents is 1. The summed E-state index contributed by atoms with van der Waals surface area (Å²) in [6, 6.07) is 5.50. The van der Waals surface area contributed by atoms with E-state index in [1.165, 1.54) is 28.3 Å². The van der Waals surface area contributed by atoms with Crippen molar-refractivity contribution in [2.24, 2.45) is 0 Å². The van der Waals surface area contributed by atoms with Crippen LogP contribution in [-0.2, 0) is 24.4 Å². The Hall–Kier alpha value is -1.67. The van der Waals surface area contributed by atoms with Crippen molar-refractivity contribution in [3.8, 4) is 0 Å². The molecular weight excluding hydrogens is 603 g/mol. The Labute approximate surface area is 182 Å². The highest BCUT2D eigenvalue weighted by molar-refractivity contribution is 7.87. The lowest BCUT2D eigenvalue weighted by molar-refractivity contribution is -0.558. The van der Waals surface area contributed by atoms with Crippen LogP contribution in [0.4, 0.5) is 32.0 Å². The lowest BCUT2D eigenvalue weighted by Crippen LogP contribution is -3.59. The number of rotatable bonds is 7. The number of nitrogens with zero attached hydrogens (tertiary/aromatic N) is 1. The molecule has 0 bridgehead atoms. The van der Waals surface area contributed by atoms with E-state index in [-0.39, 0.29) is 17.9 Å². The van der Waals surface area contributed by atoms with Crippen molar-refractivity contribution in [2.75, 3.05) is 0 Å². The fraction of sp³-hybridized carbons (Fsp3) is 0.385. The van der Waals surface area contributed by atoms with Gasteiger partial charge in [0.15, 0.2) is 23.5 Å². The molecule has 1 aromatic carbocycles. The first-order valence-corrected chi connectivity index (χ1v) is 12.6. The zero-order chi connectivity index (χ0) is 24.7. The summed E-state index contributed by atoms with van der Waals surface area (Å²) in [6.07, 6.45) is 0.450. The quantitative estimate of drug-likeness (QED) is 0.0628. The van der Waals surface area contributed by atoms with Gasteiger partial charge in [-0.3, -0.25) is 10.1 Å². The molecule has 0 amide bonds. The summed E-state index contributed by atoms with van der Waals surface area (Å²) in [4.78, 5) is 9.95. The van der Waals surface area contributed by atoms with Gasteiger partial charge in [-0.05, 0) is 18.6 Å². The third kappa shape index (κ3) is 10.5. The molecule has 0 atom stereocenters. The lowest BCUT2D eigenvalue weighted by atomic mass is 10.3. The highest BCUT2D eigenvalue weighted by atomic mass is 127. The number of hydrogen-bond acceptors (Lipinski definition) is 8. The summed E-state index contributed by atoms with van der Waals surface area (Å²) in [5.41, 5.74) is -11.2. The van der Waals surface area contributed by atoms with Crippen LogP contribution >= 0.6 is 0 Å². The largest absolute Gasteiger partial charge is 0.741 e. The van der Waals surface area contributed by atoms with Gasteiger partial charge in [0.1, 0.15) is 0 Å². The molecule has 1 aromatic rings. The zero-order valence-electron chi connectivity index (χ0n) is 15.0. The predicted molar refractivity (Wildman–Crippen MR) is 86.6 cm³/mol. The predicted octanol–water partition coefficient (Wildman–Crippen LogP) is 0.413. The van der Waals surface area contributed by atoms with Crippen molar-refractivity contribution < 1.29 is 78.0 Å². The van der Waals surface area contributed by atoms with E-state index in [9.17, 15) is 44.9 Å². The lowest BCUT2D eigenvalue weighted by Gasteiger charge is -2.09. The third-order valence-corrected chi connectivity index (χ3v) is 6.63. The molecule has 18 heteroatoms. The van der Waals surface area contributed by atoms with Gasteiger partial charge in [0.05, 0.1) is 4.92 Å². The van der Waals surface area contributed by atoms with Crippen LogP contribution in [0, 0.1) is 13.7 Å². The molecule has 0 aliphatic heterocycles. The Kier molecular flexibility index (Phi) is 10.7. The van der Waals surface area contributed by atoms with E-state index in [0.29, 0.717) is 9.99 Å². The summed E-state index contributed by atoms with van der Waals surface area (Å²) in [5.74, 6) is -0.268. The standard InChI is InChI=1S/C12H12F3INO5S.CHF3O3S/c1-2-3-11(22-23(20,21)12(13,14)15)8-16-9-4-6-10(7-5-9)17(18)19;2-1(3,4)8(5,6)7/h4-8H,2-3H2,1H3;(H,5,6,7)/q+1;/p-1/b11-8+;. The molecule has 0 aromatic heterocycles. The minimum absolute atomic E-state index is 0.0437. The van der Waals surface area contributed by atoms with E-state index in [4.69, 9.17) is 13.0 Å². The molecule has 0 aliphatic rings. The second kappa shape index (κ2) is 11.3. The maximum absolute atomic E-state index is 12.3. The van der Waals surface area contributed by atoms with Crippen molar-refractivity contribution >= 4 is 25.9 Å².